The van der Waals surface area contributed by atoms with E-state index < -0.39 is 0 Å². The Labute approximate surface area is 129 Å². The Balaban J connectivity index is 1.44. The van der Waals surface area contributed by atoms with E-state index in [4.69, 9.17) is 8.83 Å². The van der Waals surface area contributed by atoms with Gasteiger partial charge in [0.1, 0.15) is 5.76 Å². The molecule has 2 aromatic rings. The zero-order valence-corrected chi connectivity index (χ0v) is 13.2. The van der Waals surface area contributed by atoms with Crippen molar-refractivity contribution in [1.82, 2.24) is 15.1 Å². The Kier molecular flexibility index (Phi) is 4.98. The molecule has 0 N–H and O–H groups in total. The Morgan fingerprint density at radius 2 is 2.10 bits per heavy atom. The van der Waals surface area contributed by atoms with Crippen molar-refractivity contribution < 1.29 is 8.83 Å². The number of furan rings is 1. The van der Waals surface area contributed by atoms with Gasteiger partial charge in [0.25, 0.3) is 11.1 Å². The first-order valence-corrected chi connectivity index (χ1v) is 8.54. The normalized spacial score (nSPS) is 16.4. The van der Waals surface area contributed by atoms with Crippen LogP contribution in [0.15, 0.2) is 26.4 Å². The van der Waals surface area contributed by atoms with Gasteiger partial charge in [-0.15, -0.1) is 10.2 Å². The molecule has 0 amide bonds. The number of hydrogen-bond donors (Lipinski definition) is 0. The van der Waals surface area contributed by atoms with E-state index in [1.54, 1.807) is 18.0 Å². The highest BCUT2D eigenvalue weighted by Gasteiger charge is 2.13. The Hall–Kier alpha value is -1.27. The van der Waals surface area contributed by atoms with E-state index in [1.165, 1.54) is 38.9 Å². The molecule has 2 aromatic heterocycles. The van der Waals surface area contributed by atoms with Gasteiger partial charge in [0.05, 0.1) is 11.8 Å². The van der Waals surface area contributed by atoms with Crippen LogP contribution in [-0.4, -0.2) is 40.5 Å². The molecule has 1 fully saturated rings. The number of thioether (sulfide) groups is 1. The van der Waals surface area contributed by atoms with Crippen molar-refractivity contribution in [1.29, 1.82) is 0 Å². The molecule has 6 heteroatoms. The second-order valence-electron chi connectivity index (χ2n) is 5.37. The van der Waals surface area contributed by atoms with E-state index in [2.05, 4.69) is 15.1 Å². The van der Waals surface area contributed by atoms with Gasteiger partial charge >= 0.3 is 0 Å². The molecule has 1 aliphatic heterocycles. The molecule has 0 bridgehead atoms. The highest BCUT2D eigenvalue weighted by molar-refractivity contribution is 7.99. The Morgan fingerprint density at radius 3 is 2.86 bits per heavy atom. The van der Waals surface area contributed by atoms with Crippen LogP contribution < -0.4 is 0 Å². The summed E-state index contributed by atoms with van der Waals surface area (Å²) in [5.41, 5.74) is 0.877. The summed E-state index contributed by atoms with van der Waals surface area (Å²) in [6, 6.07) is 1.85. The molecular formula is C15H21N3O2S. The van der Waals surface area contributed by atoms with Crippen molar-refractivity contribution in [2.75, 3.05) is 25.4 Å². The lowest BCUT2D eigenvalue weighted by Gasteiger charge is -2.26. The van der Waals surface area contributed by atoms with Gasteiger partial charge in [-0.2, -0.15) is 0 Å². The number of rotatable bonds is 6. The van der Waals surface area contributed by atoms with Crippen LogP contribution in [0.25, 0.3) is 11.5 Å². The third-order valence-electron chi connectivity index (χ3n) is 3.79. The molecule has 21 heavy (non-hydrogen) atoms. The Morgan fingerprint density at radius 1 is 1.24 bits per heavy atom. The minimum Gasteiger partial charge on any atom is -0.469 e. The molecule has 114 valence electrons. The summed E-state index contributed by atoms with van der Waals surface area (Å²) in [5, 5.41) is 8.81. The maximum Gasteiger partial charge on any atom is 0.276 e. The molecule has 3 heterocycles. The predicted molar refractivity (Wildman–Crippen MR) is 82.4 cm³/mol. The fraction of sp³-hybridized carbons (Fsp3) is 0.600. The van der Waals surface area contributed by atoms with E-state index in [0.29, 0.717) is 11.1 Å². The second-order valence-corrected chi connectivity index (χ2v) is 6.41. The molecule has 5 nitrogen and oxygen atoms in total. The number of aromatic nitrogens is 2. The summed E-state index contributed by atoms with van der Waals surface area (Å²) < 4.78 is 10.9. The van der Waals surface area contributed by atoms with Crippen LogP contribution in [0.1, 0.15) is 31.4 Å². The average molecular weight is 307 g/mol. The molecule has 0 aliphatic carbocycles. The summed E-state index contributed by atoms with van der Waals surface area (Å²) in [5.74, 6) is 2.36. The van der Waals surface area contributed by atoms with Crippen molar-refractivity contribution in [3.05, 3.63) is 18.1 Å². The monoisotopic (exact) mass is 307 g/mol. The van der Waals surface area contributed by atoms with E-state index >= 15 is 0 Å². The van der Waals surface area contributed by atoms with Gasteiger partial charge in [-0.25, -0.2) is 0 Å². The lowest BCUT2D eigenvalue weighted by atomic mass is 10.1. The smallest absolute Gasteiger partial charge is 0.276 e. The number of hydrogen-bond acceptors (Lipinski definition) is 6. The number of nitrogens with zero attached hydrogens (tertiary/aromatic N) is 3. The first kappa shape index (κ1) is 14.7. The van der Waals surface area contributed by atoms with Crippen LogP contribution in [0.3, 0.4) is 0 Å². The van der Waals surface area contributed by atoms with E-state index in [-0.39, 0.29) is 0 Å². The highest BCUT2D eigenvalue weighted by atomic mass is 32.2. The fourth-order valence-corrected chi connectivity index (χ4v) is 3.30. The molecule has 3 rings (SSSR count). The van der Waals surface area contributed by atoms with Crippen LogP contribution in [0.2, 0.25) is 0 Å². The van der Waals surface area contributed by atoms with Crippen LogP contribution in [0, 0.1) is 6.92 Å². The molecule has 1 aliphatic rings. The van der Waals surface area contributed by atoms with Crippen LogP contribution >= 0.6 is 11.8 Å². The molecule has 0 aromatic carbocycles. The van der Waals surface area contributed by atoms with Gasteiger partial charge < -0.3 is 13.7 Å². The number of piperidine rings is 1. The summed E-state index contributed by atoms with van der Waals surface area (Å²) in [6.45, 7) is 5.59. The minimum absolute atomic E-state index is 0.541. The summed E-state index contributed by atoms with van der Waals surface area (Å²) >= 11 is 1.64. The van der Waals surface area contributed by atoms with Gasteiger partial charge in [-0.05, 0) is 51.9 Å². The van der Waals surface area contributed by atoms with Crippen molar-refractivity contribution >= 4 is 11.8 Å². The molecule has 1 saturated heterocycles. The summed E-state index contributed by atoms with van der Waals surface area (Å²) in [7, 11) is 0. The van der Waals surface area contributed by atoms with Gasteiger partial charge in [0.2, 0.25) is 0 Å². The average Bonchev–Trinajstić information content (AvgIpc) is 3.13. The Bertz CT molecular complexity index is 561. The molecule has 0 unspecified atom stereocenters. The maximum atomic E-state index is 5.67. The van der Waals surface area contributed by atoms with Crippen molar-refractivity contribution in [2.24, 2.45) is 0 Å². The number of aryl methyl sites for hydroxylation is 1. The summed E-state index contributed by atoms with van der Waals surface area (Å²) in [6.07, 6.45) is 6.89. The zero-order valence-electron chi connectivity index (χ0n) is 12.4. The van der Waals surface area contributed by atoms with E-state index in [1.807, 2.05) is 13.0 Å². The van der Waals surface area contributed by atoms with Crippen molar-refractivity contribution in [2.45, 2.75) is 37.8 Å². The maximum absolute atomic E-state index is 5.67. The second kappa shape index (κ2) is 7.13. The van der Waals surface area contributed by atoms with Gasteiger partial charge in [-0.3, -0.25) is 0 Å². The third kappa shape index (κ3) is 3.89. The standard InChI is InChI=1S/C15H21N3O2S/c1-12-13(6-10-19-12)14-16-17-15(20-14)21-11-5-9-18-7-3-2-4-8-18/h6,10H,2-5,7-9,11H2,1H3. The predicted octanol–water partition coefficient (Wildman–Crippen LogP) is 3.61. The third-order valence-corrected chi connectivity index (χ3v) is 4.69. The van der Waals surface area contributed by atoms with Gasteiger partial charge in [0.15, 0.2) is 0 Å². The largest absolute Gasteiger partial charge is 0.469 e. The van der Waals surface area contributed by atoms with E-state index in [0.717, 1.165) is 23.5 Å². The molecular weight excluding hydrogens is 286 g/mol. The molecule has 0 spiro atoms. The lowest BCUT2D eigenvalue weighted by molar-refractivity contribution is 0.230. The quantitative estimate of drug-likeness (QED) is 0.600. The van der Waals surface area contributed by atoms with E-state index in [9.17, 15) is 0 Å². The topological polar surface area (TPSA) is 55.3 Å². The van der Waals surface area contributed by atoms with Gasteiger partial charge in [-0.1, -0.05) is 18.2 Å². The van der Waals surface area contributed by atoms with Crippen LogP contribution in [0.5, 0.6) is 0 Å². The number of likely N-dealkylation sites (tertiary alicyclic amines) is 1. The highest BCUT2D eigenvalue weighted by Crippen LogP contribution is 2.26. The van der Waals surface area contributed by atoms with Crippen LogP contribution in [-0.2, 0) is 0 Å². The lowest BCUT2D eigenvalue weighted by Crippen LogP contribution is -2.30. The molecule has 0 radical (unpaired) electrons. The van der Waals surface area contributed by atoms with Crippen molar-refractivity contribution in [3.8, 4) is 11.5 Å². The molecule has 0 atom stereocenters. The van der Waals surface area contributed by atoms with Crippen molar-refractivity contribution in [3.63, 3.8) is 0 Å². The first-order valence-electron chi connectivity index (χ1n) is 7.56. The SMILES string of the molecule is Cc1occc1-c1nnc(SCCCN2CCCCC2)o1. The fourth-order valence-electron chi connectivity index (χ4n) is 2.61. The first-order chi connectivity index (χ1) is 10.3. The zero-order chi connectivity index (χ0) is 14.5. The minimum atomic E-state index is 0.541. The van der Waals surface area contributed by atoms with Crippen LogP contribution in [0.4, 0.5) is 0 Å². The van der Waals surface area contributed by atoms with Gasteiger partial charge in [0, 0.05) is 5.75 Å². The molecule has 0 saturated carbocycles. The summed E-state index contributed by atoms with van der Waals surface area (Å²) in [4.78, 5) is 2.55.